The van der Waals surface area contributed by atoms with Crippen molar-refractivity contribution in [3.05, 3.63) is 46.3 Å². The third-order valence-corrected chi connectivity index (χ3v) is 7.18. The smallest absolute Gasteiger partial charge is 0.263 e. The molecule has 2 N–H and O–H groups in total. The third kappa shape index (κ3) is 4.53. The number of rotatable bonds is 5. The van der Waals surface area contributed by atoms with Crippen molar-refractivity contribution in [1.29, 1.82) is 0 Å². The first-order valence-corrected chi connectivity index (χ1v) is 11.1. The Morgan fingerprint density at radius 3 is 2.72 bits per heavy atom. The first kappa shape index (κ1) is 22.3. The summed E-state index contributed by atoms with van der Waals surface area (Å²) in [6.45, 7) is 7.53. The molecule has 1 aromatic heterocycles. The molecule has 2 aliphatic rings. The van der Waals surface area contributed by atoms with Gasteiger partial charge in [0.2, 0.25) is 0 Å². The number of halogens is 1. The maximum atomic E-state index is 13.1. The van der Waals surface area contributed by atoms with Gasteiger partial charge in [0.1, 0.15) is 0 Å². The Hall–Kier alpha value is -1.40. The molecule has 6 heteroatoms. The van der Waals surface area contributed by atoms with Crippen LogP contribution in [0, 0.1) is 0 Å². The largest absolute Gasteiger partial charge is 0.378 e. The summed E-state index contributed by atoms with van der Waals surface area (Å²) in [7, 11) is 0. The molecule has 0 saturated carbocycles. The summed E-state index contributed by atoms with van der Waals surface area (Å²) in [5.41, 5.74) is 9.63. The summed E-state index contributed by atoms with van der Waals surface area (Å²) < 4.78 is 5.87. The van der Waals surface area contributed by atoms with Crippen LogP contribution in [0.25, 0.3) is 10.4 Å². The van der Waals surface area contributed by atoms with Crippen molar-refractivity contribution >= 4 is 29.7 Å². The highest BCUT2D eigenvalue weighted by Gasteiger charge is 2.33. The Bertz CT molecular complexity index is 856. The van der Waals surface area contributed by atoms with Crippen LogP contribution in [-0.4, -0.2) is 43.2 Å². The van der Waals surface area contributed by atoms with Gasteiger partial charge in [-0.1, -0.05) is 38.1 Å². The van der Waals surface area contributed by atoms with Gasteiger partial charge in [0.25, 0.3) is 5.91 Å². The van der Waals surface area contributed by atoms with Crippen LogP contribution < -0.4 is 5.73 Å². The van der Waals surface area contributed by atoms with Gasteiger partial charge in [-0.25, -0.2) is 0 Å². The van der Waals surface area contributed by atoms with E-state index in [4.69, 9.17) is 10.5 Å². The van der Waals surface area contributed by atoms with Crippen molar-refractivity contribution in [2.45, 2.75) is 51.0 Å². The van der Waals surface area contributed by atoms with Gasteiger partial charge in [-0.3, -0.25) is 4.79 Å². The van der Waals surface area contributed by atoms with Crippen LogP contribution in [0.1, 0.15) is 53.9 Å². The normalized spacial score (nSPS) is 18.0. The van der Waals surface area contributed by atoms with Gasteiger partial charge in [0.05, 0.1) is 11.0 Å². The van der Waals surface area contributed by atoms with Gasteiger partial charge in [-0.2, -0.15) is 0 Å². The highest BCUT2D eigenvalue weighted by atomic mass is 35.5. The Morgan fingerprint density at radius 2 is 2.00 bits per heavy atom. The van der Waals surface area contributed by atoms with Crippen LogP contribution in [0.5, 0.6) is 0 Å². The molecule has 1 saturated heterocycles. The second-order valence-corrected chi connectivity index (χ2v) is 9.63. The van der Waals surface area contributed by atoms with Crippen LogP contribution in [0.3, 0.4) is 0 Å². The number of benzene rings is 1. The monoisotopic (exact) mass is 434 g/mol. The van der Waals surface area contributed by atoms with Crippen molar-refractivity contribution in [2.24, 2.45) is 5.73 Å². The number of hydrogen-bond acceptors (Lipinski definition) is 4. The molecule has 4 rings (SSSR count). The van der Waals surface area contributed by atoms with E-state index < -0.39 is 0 Å². The molecule has 0 bridgehead atoms. The molecule has 4 nitrogen and oxygen atoms in total. The van der Waals surface area contributed by atoms with Gasteiger partial charge in [0.15, 0.2) is 0 Å². The number of piperidine rings is 1. The first-order chi connectivity index (χ1) is 13.5. The zero-order chi connectivity index (χ0) is 19.7. The van der Waals surface area contributed by atoms with E-state index in [1.807, 2.05) is 4.90 Å². The number of carbonyl (C=O) groups excluding carboxylic acids is 1. The number of ether oxygens (including phenoxy) is 1. The lowest BCUT2D eigenvalue weighted by Crippen LogP contribution is -2.40. The van der Waals surface area contributed by atoms with E-state index in [1.54, 1.807) is 11.3 Å². The average Bonchev–Trinajstić information content (AvgIpc) is 3.11. The minimum absolute atomic E-state index is 0. The van der Waals surface area contributed by atoms with Crippen molar-refractivity contribution in [1.82, 2.24) is 4.90 Å². The van der Waals surface area contributed by atoms with Crippen LogP contribution in [0.2, 0.25) is 0 Å². The first-order valence-electron chi connectivity index (χ1n) is 10.3. The molecule has 29 heavy (non-hydrogen) atoms. The molecule has 1 fully saturated rings. The Labute approximate surface area is 183 Å². The minimum Gasteiger partial charge on any atom is -0.378 e. The Balaban J connectivity index is 0.00000240. The molecule has 2 heterocycles. The molecular weight excluding hydrogens is 404 g/mol. The predicted octanol–water partition coefficient (Wildman–Crippen LogP) is 4.64. The van der Waals surface area contributed by atoms with Crippen molar-refractivity contribution in [2.75, 3.05) is 26.2 Å². The highest BCUT2D eigenvalue weighted by Crippen LogP contribution is 2.46. The summed E-state index contributed by atoms with van der Waals surface area (Å²) in [4.78, 5) is 17.3. The van der Waals surface area contributed by atoms with E-state index >= 15 is 0 Å². The summed E-state index contributed by atoms with van der Waals surface area (Å²) in [6.07, 6.45) is 3.98. The van der Waals surface area contributed by atoms with Gasteiger partial charge < -0.3 is 15.4 Å². The van der Waals surface area contributed by atoms with Crippen LogP contribution in [-0.2, 0) is 16.6 Å². The predicted molar refractivity (Wildman–Crippen MR) is 122 cm³/mol. The minimum atomic E-state index is 0. The second kappa shape index (κ2) is 9.17. The SMILES string of the molecule is CC1(C)Cc2cc(C(=O)N3CCC(OCCCN)CC3)sc2-c2ccccc21.Cl. The third-order valence-electron chi connectivity index (χ3n) is 5.98. The molecule has 2 aromatic rings. The molecule has 1 aliphatic carbocycles. The van der Waals surface area contributed by atoms with Crippen LogP contribution >= 0.6 is 23.7 Å². The summed E-state index contributed by atoms with van der Waals surface area (Å²) in [5.74, 6) is 0.176. The van der Waals surface area contributed by atoms with E-state index in [0.717, 1.165) is 50.3 Å². The van der Waals surface area contributed by atoms with Crippen molar-refractivity contribution in [3.8, 4) is 10.4 Å². The molecule has 1 amide bonds. The number of fused-ring (bicyclic) bond motifs is 3. The summed E-state index contributed by atoms with van der Waals surface area (Å²) in [6, 6.07) is 10.8. The van der Waals surface area contributed by atoms with E-state index in [1.165, 1.54) is 21.6 Å². The second-order valence-electron chi connectivity index (χ2n) is 8.58. The lowest BCUT2D eigenvalue weighted by atomic mass is 9.73. The summed E-state index contributed by atoms with van der Waals surface area (Å²) in [5, 5.41) is 0. The topological polar surface area (TPSA) is 55.6 Å². The van der Waals surface area contributed by atoms with Crippen molar-refractivity contribution in [3.63, 3.8) is 0 Å². The quantitative estimate of drug-likeness (QED) is 0.697. The van der Waals surface area contributed by atoms with Gasteiger partial charge in [-0.15, -0.1) is 23.7 Å². The molecule has 1 aromatic carbocycles. The zero-order valence-electron chi connectivity index (χ0n) is 17.3. The van der Waals surface area contributed by atoms with Crippen LogP contribution in [0.4, 0.5) is 0 Å². The molecule has 0 spiro atoms. The van der Waals surface area contributed by atoms with E-state index in [-0.39, 0.29) is 29.8 Å². The molecule has 0 radical (unpaired) electrons. The molecule has 0 atom stereocenters. The van der Waals surface area contributed by atoms with E-state index in [9.17, 15) is 4.79 Å². The molecule has 0 unspecified atom stereocenters. The maximum Gasteiger partial charge on any atom is 0.263 e. The fourth-order valence-electron chi connectivity index (χ4n) is 4.45. The Kier molecular flexibility index (Phi) is 7.05. The van der Waals surface area contributed by atoms with E-state index in [2.05, 4.69) is 44.2 Å². The zero-order valence-corrected chi connectivity index (χ0v) is 18.9. The molecular formula is C23H31ClN2O2S. The van der Waals surface area contributed by atoms with Crippen molar-refractivity contribution < 1.29 is 9.53 Å². The number of nitrogens with zero attached hydrogens (tertiary/aromatic N) is 1. The lowest BCUT2D eigenvalue weighted by Gasteiger charge is -2.32. The average molecular weight is 435 g/mol. The number of amides is 1. The highest BCUT2D eigenvalue weighted by molar-refractivity contribution is 7.17. The standard InChI is InChI=1S/C23H30N2O2S.ClH/c1-23(2)15-16-14-20(28-21(16)18-6-3-4-7-19(18)23)22(26)25-11-8-17(9-12-25)27-13-5-10-24;/h3-4,6-7,14,17H,5,8-13,15,24H2,1-2H3;1H. The summed E-state index contributed by atoms with van der Waals surface area (Å²) >= 11 is 1.66. The van der Waals surface area contributed by atoms with Crippen LogP contribution in [0.15, 0.2) is 30.3 Å². The fraction of sp³-hybridized carbons (Fsp3) is 0.522. The number of thiophene rings is 1. The molecule has 158 valence electrons. The van der Waals surface area contributed by atoms with Gasteiger partial charge >= 0.3 is 0 Å². The van der Waals surface area contributed by atoms with E-state index in [0.29, 0.717) is 6.54 Å². The fourth-order valence-corrected chi connectivity index (χ4v) is 5.64. The number of nitrogens with two attached hydrogens (primary N) is 1. The number of hydrogen-bond donors (Lipinski definition) is 1. The van der Waals surface area contributed by atoms with Gasteiger partial charge in [-0.05, 0) is 60.4 Å². The molecule has 1 aliphatic heterocycles. The number of carbonyl (C=O) groups is 1. The maximum absolute atomic E-state index is 13.1. The number of likely N-dealkylation sites (tertiary alicyclic amines) is 1. The lowest BCUT2D eigenvalue weighted by molar-refractivity contribution is 0.00857. The Morgan fingerprint density at radius 1 is 1.28 bits per heavy atom. The van der Waals surface area contributed by atoms with Gasteiger partial charge in [0, 0.05) is 24.6 Å².